The van der Waals surface area contributed by atoms with E-state index in [1.807, 2.05) is 0 Å². The first-order valence-corrected chi connectivity index (χ1v) is 8.37. The SMILES string of the molecule is COc1ccc(NS(=O)(=O)c2ccc(NN=C(C#N)C#N)cc2)cc1. The van der Waals surface area contributed by atoms with Gasteiger partial charge in [0.2, 0.25) is 5.71 Å². The van der Waals surface area contributed by atoms with Crippen molar-refractivity contribution in [3.63, 3.8) is 0 Å². The van der Waals surface area contributed by atoms with Crippen molar-refractivity contribution in [1.82, 2.24) is 0 Å². The van der Waals surface area contributed by atoms with Gasteiger partial charge in [-0.15, -0.1) is 0 Å². The molecule has 0 aliphatic carbocycles. The number of nitrogens with zero attached hydrogens (tertiary/aromatic N) is 3. The van der Waals surface area contributed by atoms with Crippen molar-refractivity contribution in [2.75, 3.05) is 17.3 Å². The Morgan fingerprint density at radius 2 is 1.56 bits per heavy atom. The third-order valence-corrected chi connectivity index (χ3v) is 4.41. The van der Waals surface area contributed by atoms with Gasteiger partial charge in [-0.1, -0.05) is 0 Å². The van der Waals surface area contributed by atoms with Crippen LogP contribution in [0.15, 0.2) is 58.5 Å². The maximum Gasteiger partial charge on any atom is 0.261 e. The summed E-state index contributed by atoms with van der Waals surface area (Å²) in [4.78, 5) is 0.0543. The van der Waals surface area contributed by atoms with Crippen molar-refractivity contribution < 1.29 is 13.2 Å². The van der Waals surface area contributed by atoms with Gasteiger partial charge in [-0.3, -0.25) is 10.1 Å². The van der Waals surface area contributed by atoms with Crippen LogP contribution >= 0.6 is 0 Å². The summed E-state index contributed by atoms with van der Waals surface area (Å²) in [7, 11) is -2.23. The number of rotatable bonds is 6. The Bertz CT molecular complexity index is 937. The molecular formula is C16H13N5O3S. The van der Waals surface area contributed by atoms with Crippen molar-refractivity contribution in [3.8, 4) is 17.9 Å². The Morgan fingerprint density at radius 1 is 1.00 bits per heavy atom. The number of hydrogen-bond acceptors (Lipinski definition) is 7. The summed E-state index contributed by atoms with van der Waals surface area (Å²) < 4.78 is 32.2. The zero-order valence-electron chi connectivity index (χ0n) is 13.1. The molecule has 0 bridgehead atoms. The van der Waals surface area contributed by atoms with Crippen molar-refractivity contribution in [2.24, 2.45) is 5.10 Å². The summed E-state index contributed by atoms with van der Waals surface area (Å²) in [6, 6.07) is 15.4. The third kappa shape index (κ3) is 4.70. The van der Waals surface area contributed by atoms with E-state index in [9.17, 15) is 8.42 Å². The molecule has 0 aliphatic heterocycles. The van der Waals surface area contributed by atoms with Crippen molar-refractivity contribution >= 4 is 27.1 Å². The summed E-state index contributed by atoms with van der Waals surface area (Å²) in [6.45, 7) is 0. The van der Waals surface area contributed by atoms with Gasteiger partial charge in [0.05, 0.1) is 17.7 Å². The third-order valence-electron chi connectivity index (χ3n) is 3.02. The van der Waals surface area contributed by atoms with Gasteiger partial charge in [-0.05, 0) is 48.5 Å². The van der Waals surface area contributed by atoms with Gasteiger partial charge in [0, 0.05) is 5.69 Å². The zero-order valence-corrected chi connectivity index (χ0v) is 13.9. The van der Waals surface area contributed by atoms with E-state index in [-0.39, 0.29) is 10.6 Å². The van der Waals surface area contributed by atoms with E-state index in [4.69, 9.17) is 15.3 Å². The average Bonchev–Trinajstić information content (AvgIpc) is 2.63. The highest BCUT2D eigenvalue weighted by Gasteiger charge is 2.14. The lowest BCUT2D eigenvalue weighted by Crippen LogP contribution is -2.12. The van der Waals surface area contributed by atoms with E-state index >= 15 is 0 Å². The Hall–Kier alpha value is -3.56. The largest absolute Gasteiger partial charge is 0.497 e. The van der Waals surface area contributed by atoms with Gasteiger partial charge in [-0.25, -0.2) is 8.42 Å². The monoisotopic (exact) mass is 355 g/mol. The van der Waals surface area contributed by atoms with Crippen LogP contribution in [0.3, 0.4) is 0 Å². The second kappa shape index (κ2) is 7.81. The molecule has 2 rings (SSSR count). The Morgan fingerprint density at radius 3 is 2.08 bits per heavy atom. The molecule has 0 saturated carbocycles. The van der Waals surface area contributed by atoms with Crippen LogP contribution in [0.4, 0.5) is 11.4 Å². The molecule has 0 aromatic heterocycles. The fourth-order valence-corrected chi connectivity index (χ4v) is 2.84. The van der Waals surface area contributed by atoms with Crippen LogP contribution in [0, 0.1) is 22.7 Å². The van der Waals surface area contributed by atoms with Gasteiger partial charge >= 0.3 is 0 Å². The van der Waals surface area contributed by atoms with Gasteiger partial charge < -0.3 is 4.74 Å². The van der Waals surface area contributed by atoms with Crippen molar-refractivity contribution in [3.05, 3.63) is 48.5 Å². The number of ether oxygens (including phenoxy) is 1. The second-order valence-electron chi connectivity index (χ2n) is 4.65. The number of hydrogen-bond donors (Lipinski definition) is 2. The first-order valence-electron chi connectivity index (χ1n) is 6.89. The number of anilines is 2. The van der Waals surface area contributed by atoms with Crippen molar-refractivity contribution in [1.29, 1.82) is 10.5 Å². The van der Waals surface area contributed by atoms with E-state index in [1.54, 1.807) is 36.4 Å². The van der Waals surface area contributed by atoms with E-state index < -0.39 is 10.0 Å². The molecule has 8 nitrogen and oxygen atoms in total. The Labute approximate surface area is 145 Å². The summed E-state index contributed by atoms with van der Waals surface area (Å²) >= 11 is 0. The average molecular weight is 355 g/mol. The maximum atomic E-state index is 12.3. The molecule has 0 unspecified atom stereocenters. The topological polar surface area (TPSA) is 127 Å². The summed E-state index contributed by atoms with van der Waals surface area (Å²) in [5.41, 5.74) is 3.01. The second-order valence-corrected chi connectivity index (χ2v) is 6.34. The zero-order chi connectivity index (χ0) is 18.3. The summed E-state index contributed by atoms with van der Waals surface area (Å²) in [6.07, 6.45) is 0. The predicted octanol–water partition coefficient (Wildman–Crippen LogP) is 2.31. The minimum atomic E-state index is -3.75. The molecule has 9 heteroatoms. The maximum absolute atomic E-state index is 12.3. The number of nitrogens with one attached hydrogen (secondary N) is 2. The molecule has 0 fully saturated rings. The van der Waals surface area contributed by atoms with Crippen LogP contribution in [0.1, 0.15) is 0 Å². The van der Waals surface area contributed by atoms with Crippen LogP contribution in [0.5, 0.6) is 5.75 Å². The molecule has 2 N–H and O–H groups in total. The molecule has 2 aromatic rings. The van der Waals surface area contributed by atoms with E-state index in [1.165, 1.54) is 31.4 Å². The van der Waals surface area contributed by atoms with Crippen LogP contribution in [0.2, 0.25) is 0 Å². The van der Waals surface area contributed by atoms with E-state index in [0.717, 1.165) is 0 Å². The minimum Gasteiger partial charge on any atom is -0.497 e. The molecule has 0 atom stereocenters. The van der Waals surface area contributed by atoms with Crippen LogP contribution in [-0.4, -0.2) is 21.2 Å². The lowest BCUT2D eigenvalue weighted by molar-refractivity contribution is 0.415. The van der Waals surface area contributed by atoms with Crippen LogP contribution in [-0.2, 0) is 10.0 Å². The predicted molar refractivity (Wildman–Crippen MR) is 92.5 cm³/mol. The highest BCUT2D eigenvalue weighted by Crippen LogP contribution is 2.20. The van der Waals surface area contributed by atoms with E-state index in [0.29, 0.717) is 17.1 Å². The highest BCUT2D eigenvalue weighted by atomic mass is 32.2. The first kappa shape index (κ1) is 17.8. The van der Waals surface area contributed by atoms with Gasteiger partial charge in [0.1, 0.15) is 17.9 Å². The molecule has 0 heterocycles. The molecule has 2 aromatic carbocycles. The first-order chi connectivity index (χ1) is 12.0. The number of benzene rings is 2. The van der Waals surface area contributed by atoms with Gasteiger partial charge in [-0.2, -0.15) is 15.6 Å². The highest BCUT2D eigenvalue weighted by molar-refractivity contribution is 7.92. The number of methoxy groups -OCH3 is 1. The van der Waals surface area contributed by atoms with E-state index in [2.05, 4.69) is 15.2 Å². The quantitative estimate of drug-likeness (QED) is 0.604. The van der Waals surface area contributed by atoms with Gasteiger partial charge in [0.15, 0.2) is 0 Å². The molecule has 0 radical (unpaired) electrons. The lowest BCUT2D eigenvalue weighted by atomic mass is 10.3. The van der Waals surface area contributed by atoms with Crippen molar-refractivity contribution in [2.45, 2.75) is 4.90 Å². The minimum absolute atomic E-state index is 0.0543. The Balaban J connectivity index is 2.13. The summed E-state index contributed by atoms with van der Waals surface area (Å²) in [5, 5.41) is 20.8. The molecular weight excluding hydrogens is 342 g/mol. The molecule has 0 aliphatic rings. The normalized spacial score (nSPS) is 10.0. The fourth-order valence-electron chi connectivity index (χ4n) is 1.78. The smallest absolute Gasteiger partial charge is 0.261 e. The molecule has 0 spiro atoms. The molecule has 126 valence electrons. The summed E-state index contributed by atoms with van der Waals surface area (Å²) in [5.74, 6) is 0.619. The standard InChI is InChI=1S/C16H13N5O3S/c1-24-15-6-2-13(3-7-15)21-25(22,23)16-8-4-12(5-9-16)19-20-14(10-17)11-18/h2-9,19,21H,1H3. The number of hydrazone groups is 1. The fraction of sp³-hybridized carbons (Fsp3) is 0.0625. The van der Waals surface area contributed by atoms with Crippen LogP contribution < -0.4 is 14.9 Å². The Kier molecular flexibility index (Phi) is 5.56. The van der Waals surface area contributed by atoms with Gasteiger partial charge in [0.25, 0.3) is 10.0 Å². The number of sulfonamides is 1. The number of nitriles is 2. The lowest BCUT2D eigenvalue weighted by Gasteiger charge is -2.09. The molecule has 0 amide bonds. The van der Waals surface area contributed by atoms with Crippen LogP contribution in [0.25, 0.3) is 0 Å². The molecule has 0 saturated heterocycles. The molecule has 25 heavy (non-hydrogen) atoms.